The molecule has 3 atom stereocenters. The normalized spacial score (nSPS) is 17.0. The first-order valence-electron chi connectivity index (χ1n) is 13.0. The third-order valence-electron chi connectivity index (χ3n) is 6.96. The first-order chi connectivity index (χ1) is 18.5. The Labute approximate surface area is 241 Å². The average molecular weight is 613 g/mol. The highest BCUT2D eigenvalue weighted by molar-refractivity contribution is 9.10. The minimum atomic E-state index is -0.816. The molecule has 0 spiro atoms. The summed E-state index contributed by atoms with van der Waals surface area (Å²) in [5.74, 6) is -0.881. The molecule has 1 fully saturated rings. The summed E-state index contributed by atoms with van der Waals surface area (Å²) in [4.78, 5) is 51.3. The molecule has 39 heavy (non-hydrogen) atoms. The van der Waals surface area contributed by atoms with Crippen molar-refractivity contribution < 1.29 is 14.4 Å². The van der Waals surface area contributed by atoms with Gasteiger partial charge >= 0.3 is 0 Å². The maximum absolute atomic E-state index is 13.8. The van der Waals surface area contributed by atoms with E-state index in [9.17, 15) is 14.4 Å². The molecule has 2 N–H and O–H groups in total. The molecule has 1 saturated heterocycles. The van der Waals surface area contributed by atoms with Crippen LogP contribution in [0.5, 0.6) is 0 Å². The van der Waals surface area contributed by atoms with Crippen LogP contribution in [-0.2, 0) is 9.59 Å². The van der Waals surface area contributed by atoms with E-state index in [1.54, 1.807) is 34.6 Å². The first-order valence-corrected chi connectivity index (χ1v) is 14.7. The zero-order valence-electron chi connectivity index (χ0n) is 22.8. The van der Waals surface area contributed by atoms with E-state index < -0.39 is 23.4 Å². The molecule has 0 bridgehead atoms. The molecule has 1 aliphatic rings. The highest BCUT2D eigenvalue weighted by Gasteiger charge is 2.42. The van der Waals surface area contributed by atoms with Crippen molar-refractivity contribution in [3.8, 4) is 10.4 Å². The van der Waals surface area contributed by atoms with E-state index in [0.717, 1.165) is 32.6 Å². The first kappa shape index (κ1) is 28.9. The van der Waals surface area contributed by atoms with Gasteiger partial charge in [0.25, 0.3) is 5.91 Å². The number of aromatic nitrogens is 2. The van der Waals surface area contributed by atoms with E-state index >= 15 is 0 Å². The number of nitrogens with zero attached hydrogens (tertiary/aromatic N) is 3. The van der Waals surface area contributed by atoms with Gasteiger partial charge in [-0.3, -0.25) is 14.4 Å². The summed E-state index contributed by atoms with van der Waals surface area (Å²) in [7, 11) is 0. The number of carbonyl (C=O) groups is 3. The number of carbonyl (C=O) groups excluding carboxylic acids is 3. The van der Waals surface area contributed by atoms with Gasteiger partial charge in [0.15, 0.2) is 0 Å². The Bertz CT molecular complexity index is 1330. The van der Waals surface area contributed by atoms with Crippen molar-refractivity contribution in [3.63, 3.8) is 0 Å². The van der Waals surface area contributed by atoms with Gasteiger partial charge in [-0.05, 0) is 71.3 Å². The Kier molecular flexibility index (Phi) is 8.86. The zero-order chi connectivity index (χ0) is 28.3. The molecular formula is C29H34BrN5O3S. The molecule has 0 unspecified atom stereocenters. The summed E-state index contributed by atoms with van der Waals surface area (Å²) in [6, 6.07) is 9.80. The van der Waals surface area contributed by atoms with Crippen LogP contribution in [0.25, 0.3) is 10.4 Å². The van der Waals surface area contributed by atoms with Crippen LogP contribution in [0.1, 0.15) is 68.3 Å². The lowest BCUT2D eigenvalue weighted by atomic mass is 9.85. The fourth-order valence-corrected chi connectivity index (χ4v) is 5.77. The van der Waals surface area contributed by atoms with Crippen LogP contribution in [0, 0.1) is 12.3 Å². The van der Waals surface area contributed by atoms with Gasteiger partial charge < -0.3 is 15.5 Å². The summed E-state index contributed by atoms with van der Waals surface area (Å²) >= 11 is 4.92. The smallest absolute Gasteiger partial charge is 0.270 e. The molecule has 10 heteroatoms. The summed E-state index contributed by atoms with van der Waals surface area (Å²) < 4.78 is 0.758. The van der Waals surface area contributed by atoms with Gasteiger partial charge in [0.2, 0.25) is 11.8 Å². The number of pyridine rings is 1. The lowest BCUT2D eigenvalue weighted by molar-refractivity contribution is -0.142. The molecule has 3 heterocycles. The Hall–Kier alpha value is -3.11. The van der Waals surface area contributed by atoms with Crippen molar-refractivity contribution in [1.29, 1.82) is 0 Å². The predicted molar refractivity (Wildman–Crippen MR) is 156 cm³/mol. The van der Waals surface area contributed by atoms with E-state index in [4.69, 9.17) is 0 Å². The molecule has 3 amide bonds. The van der Waals surface area contributed by atoms with Gasteiger partial charge in [0, 0.05) is 17.2 Å². The van der Waals surface area contributed by atoms with Crippen LogP contribution < -0.4 is 10.6 Å². The Morgan fingerprint density at radius 2 is 1.79 bits per heavy atom. The zero-order valence-corrected chi connectivity index (χ0v) is 25.2. The SMILES string of the molecule is Cc1ncsc1-c1ccc([C@H](C)NC(=O)[C@@H]2CCCN2C(=O)[C@@H](NC(=O)c2ccc(Br)cn2)C(C)(C)C)cc1. The Balaban J connectivity index is 1.44. The topological polar surface area (TPSA) is 104 Å². The quantitative estimate of drug-likeness (QED) is 0.378. The Morgan fingerprint density at radius 3 is 2.38 bits per heavy atom. The Morgan fingerprint density at radius 1 is 1.08 bits per heavy atom. The van der Waals surface area contributed by atoms with Crippen LogP contribution in [0.15, 0.2) is 52.6 Å². The molecule has 3 aromatic rings. The number of rotatable bonds is 7. The summed E-state index contributed by atoms with van der Waals surface area (Å²) in [6.45, 7) is 10.1. The molecule has 8 nitrogen and oxygen atoms in total. The number of hydrogen-bond acceptors (Lipinski definition) is 6. The standard InChI is InChI=1S/C29H34BrN5O3S/c1-17(19-8-10-20(11-9-19)24-18(2)32-16-39-24)33-27(37)23-7-6-14-35(23)28(38)25(29(3,4)5)34-26(36)22-13-12-21(30)15-31-22/h8-13,15-17,23,25H,6-7,14H2,1-5H3,(H,33,37)(H,34,36)/t17-,23-,25+/m0/s1. The third-order valence-corrected chi connectivity index (χ3v) is 8.41. The molecule has 206 valence electrons. The largest absolute Gasteiger partial charge is 0.348 e. The van der Waals surface area contributed by atoms with Crippen LogP contribution in [0.2, 0.25) is 0 Å². The van der Waals surface area contributed by atoms with Crippen LogP contribution in [0.4, 0.5) is 0 Å². The van der Waals surface area contributed by atoms with Crippen molar-refractivity contribution in [1.82, 2.24) is 25.5 Å². The highest BCUT2D eigenvalue weighted by atomic mass is 79.9. The number of likely N-dealkylation sites (tertiary alicyclic amines) is 1. The van der Waals surface area contributed by atoms with Gasteiger partial charge in [-0.1, -0.05) is 45.0 Å². The van der Waals surface area contributed by atoms with Crippen LogP contribution in [0.3, 0.4) is 0 Å². The second-order valence-electron chi connectivity index (χ2n) is 10.9. The maximum Gasteiger partial charge on any atom is 0.270 e. The molecule has 0 saturated carbocycles. The van der Waals surface area contributed by atoms with Crippen molar-refractivity contribution in [3.05, 3.63) is 69.5 Å². The molecular weight excluding hydrogens is 578 g/mol. The molecule has 2 aromatic heterocycles. The highest BCUT2D eigenvalue weighted by Crippen LogP contribution is 2.29. The summed E-state index contributed by atoms with van der Waals surface area (Å²) in [5.41, 5.74) is 4.56. The van der Waals surface area contributed by atoms with E-state index in [-0.39, 0.29) is 23.6 Å². The summed E-state index contributed by atoms with van der Waals surface area (Å²) in [5, 5.41) is 5.97. The van der Waals surface area contributed by atoms with Gasteiger partial charge in [-0.25, -0.2) is 9.97 Å². The molecule has 0 aliphatic carbocycles. The number of benzene rings is 1. The average Bonchev–Trinajstić information content (AvgIpc) is 3.56. The van der Waals surface area contributed by atoms with Crippen LogP contribution in [-0.4, -0.2) is 51.2 Å². The van der Waals surface area contributed by atoms with Gasteiger partial charge in [0.1, 0.15) is 17.8 Å². The minimum absolute atomic E-state index is 0.190. The van der Waals surface area contributed by atoms with Gasteiger partial charge in [-0.2, -0.15) is 0 Å². The fourth-order valence-electron chi connectivity index (χ4n) is 4.73. The molecule has 1 aliphatic heterocycles. The number of aryl methyl sites for hydroxylation is 1. The van der Waals surface area contributed by atoms with Crippen LogP contribution >= 0.6 is 27.3 Å². The van der Waals surface area contributed by atoms with Crippen molar-refractivity contribution >= 4 is 45.0 Å². The van der Waals surface area contributed by atoms with Crippen molar-refractivity contribution in [2.75, 3.05) is 6.54 Å². The van der Waals surface area contributed by atoms with E-state index in [0.29, 0.717) is 13.0 Å². The lowest BCUT2D eigenvalue weighted by Gasteiger charge is -2.35. The van der Waals surface area contributed by atoms with Crippen molar-refractivity contribution in [2.45, 2.75) is 65.6 Å². The molecule has 1 aromatic carbocycles. The third kappa shape index (κ3) is 6.73. The second kappa shape index (κ2) is 12.0. The maximum atomic E-state index is 13.8. The number of hydrogen-bond donors (Lipinski definition) is 2. The second-order valence-corrected chi connectivity index (χ2v) is 12.7. The number of nitrogens with one attached hydrogen (secondary N) is 2. The fraction of sp³-hybridized carbons (Fsp3) is 0.414. The number of amides is 3. The minimum Gasteiger partial charge on any atom is -0.348 e. The molecule has 4 rings (SSSR count). The van der Waals surface area contributed by atoms with E-state index in [1.807, 2.05) is 64.4 Å². The number of thiazole rings is 1. The molecule has 0 radical (unpaired) electrons. The van der Waals surface area contributed by atoms with E-state index in [2.05, 4.69) is 36.5 Å². The monoisotopic (exact) mass is 611 g/mol. The number of halogens is 1. The van der Waals surface area contributed by atoms with Gasteiger partial charge in [-0.15, -0.1) is 11.3 Å². The summed E-state index contributed by atoms with van der Waals surface area (Å²) in [6.07, 6.45) is 2.84. The van der Waals surface area contributed by atoms with Gasteiger partial charge in [0.05, 0.1) is 22.1 Å². The lowest BCUT2D eigenvalue weighted by Crippen LogP contribution is -2.57. The van der Waals surface area contributed by atoms with E-state index in [1.165, 1.54) is 0 Å². The predicted octanol–water partition coefficient (Wildman–Crippen LogP) is 5.29. The van der Waals surface area contributed by atoms with Crippen molar-refractivity contribution in [2.24, 2.45) is 5.41 Å².